The molecule has 11 heavy (non-hydrogen) atoms. The first kappa shape index (κ1) is 7.64. The Morgan fingerprint density at radius 1 is 1.82 bits per heavy atom. The van der Waals surface area contributed by atoms with Crippen LogP contribution in [0.5, 0.6) is 0 Å². The third-order valence-corrected chi connectivity index (χ3v) is 1.04. The molecular weight excluding hydrogens is 148 g/mol. The molecule has 0 aliphatic carbocycles. The minimum atomic E-state index is -0.308. The van der Waals surface area contributed by atoms with Crippen LogP contribution >= 0.6 is 0 Å². The van der Waals surface area contributed by atoms with Gasteiger partial charge in [0, 0.05) is 0 Å². The van der Waals surface area contributed by atoms with E-state index in [0.29, 0.717) is 12.4 Å². The van der Waals surface area contributed by atoms with Gasteiger partial charge in [-0.3, -0.25) is 4.79 Å². The Bertz CT molecular complexity index is 220. The van der Waals surface area contributed by atoms with Gasteiger partial charge >= 0.3 is 11.8 Å². The highest BCUT2D eigenvalue weighted by atomic mass is 16.5. The number of aromatic amines is 2. The van der Waals surface area contributed by atoms with Gasteiger partial charge in [0.05, 0.1) is 6.61 Å². The Morgan fingerprint density at radius 3 is 3.18 bits per heavy atom. The summed E-state index contributed by atoms with van der Waals surface area (Å²) in [5.41, 5.74) is 0. The standard InChI is InChI=1S/C5H8N4O2/c1-2-11-5(10)3-4-6-8-9-7-4/h2-3H2,1H3,(H,6,7,8,9)/p+1. The lowest BCUT2D eigenvalue weighted by atomic mass is 10.4. The topological polar surface area (TPSA) is 82.0 Å². The second-order valence-corrected chi connectivity index (χ2v) is 1.87. The van der Waals surface area contributed by atoms with E-state index in [0.717, 1.165) is 0 Å². The lowest BCUT2D eigenvalue weighted by Gasteiger charge is -1.94. The Morgan fingerprint density at radius 2 is 2.64 bits per heavy atom. The van der Waals surface area contributed by atoms with E-state index < -0.39 is 0 Å². The summed E-state index contributed by atoms with van der Waals surface area (Å²) >= 11 is 0. The van der Waals surface area contributed by atoms with E-state index >= 15 is 0 Å². The van der Waals surface area contributed by atoms with E-state index in [-0.39, 0.29) is 12.4 Å². The van der Waals surface area contributed by atoms with Crippen molar-refractivity contribution in [3.05, 3.63) is 5.82 Å². The van der Waals surface area contributed by atoms with Crippen LogP contribution in [-0.2, 0) is 16.0 Å². The van der Waals surface area contributed by atoms with Gasteiger partial charge in [-0.25, -0.2) is 0 Å². The number of nitrogens with one attached hydrogen (secondary N) is 2. The summed E-state index contributed by atoms with van der Waals surface area (Å²) in [6.07, 6.45) is 0.129. The van der Waals surface area contributed by atoms with Gasteiger partial charge in [-0.05, 0) is 6.92 Å². The van der Waals surface area contributed by atoms with Crippen molar-refractivity contribution in [3.8, 4) is 0 Å². The third-order valence-electron chi connectivity index (χ3n) is 1.04. The highest BCUT2D eigenvalue weighted by Gasteiger charge is 2.12. The molecule has 0 saturated carbocycles. The number of aromatic nitrogens is 4. The average Bonchev–Trinajstić information content (AvgIpc) is 2.40. The first-order valence-electron chi connectivity index (χ1n) is 3.26. The Balaban J connectivity index is 2.37. The summed E-state index contributed by atoms with van der Waals surface area (Å²) in [6.45, 7) is 2.14. The van der Waals surface area contributed by atoms with Crippen molar-refractivity contribution in [2.45, 2.75) is 13.3 Å². The largest absolute Gasteiger partial charge is 0.466 e. The predicted molar refractivity (Wildman–Crippen MR) is 33.3 cm³/mol. The quantitative estimate of drug-likeness (QED) is 0.554. The molecule has 1 heterocycles. The molecule has 2 N–H and O–H groups in total. The molecule has 0 saturated heterocycles. The van der Waals surface area contributed by atoms with Gasteiger partial charge < -0.3 is 4.74 Å². The van der Waals surface area contributed by atoms with E-state index in [2.05, 4.69) is 25.4 Å². The number of carbonyl (C=O) groups excluding carboxylic acids is 1. The molecule has 0 spiro atoms. The summed E-state index contributed by atoms with van der Waals surface area (Å²) in [6, 6.07) is 0. The first-order valence-corrected chi connectivity index (χ1v) is 3.26. The minimum absolute atomic E-state index is 0.129. The SMILES string of the molecule is CCOC(=O)Cc1nn[nH][nH+]1. The number of carbonyl (C=O) groups is 1. The van der Waals surface area contributed by atoms with E-state index in [1.54, 1.807) is 6.92 Å². The van der Waals surface area contributed by atoms with Gasteiger partial charge in [-0.15, -0.1) is 0 Å². The van der Waals surface area contributed by atoms with Crippen LogP contribution in [0.4, 0.5) is 0 Å². The maximum atomic E-state index is 10.8. The van der Waals surface area contributed by atoms with E-state index in [9.17, 15) is 4.79 Å². The number of ether oxygens (including phenoxy) is 1. The van der Waals surface area contributed by atoms with Gasteiger partial charge in [-0.1, -0.05) is 5.21 Å². The van der Waals surface area contributed by atoms with Crippen molar-refractivity contribution in [1.29, 1.82) is 0 Å². The van der Waals surface area contributed by atoms with Crippen LogP contribution < -0.4 is 5.10 Å². The van der Waals surface area contributed by atoms with E-state index in [1.807, 2.05) is 0 Å². The fourth-order valence-corrected chi connectivity index (χ4v) is 0.628. The molecule has 0 atom stereocenters. The minimum Gasteiger partial charge on any atom is -0.466 e. The smallest absolute Gasteiger partial charge is 0.316 e. The molecule has 0 radical (unpaired) electrons. The summed E-state index contributed by atoms with van der Waals surface area (Å²) < 4.78 is 4.67. The molecule has 0 amide bonds. The summed E-state index contributed by atoms with van der Waals surface area (Å²) in [4.78, 5) is 10.8. The predicted octanol–water partition coefficient (Wildman–Crippen LogP) is -1.28. The number of nitrogens with zero attached hydrogens (tertiary/aromatic N) is 2. The molecule has 0 unspecified atom stereocenters. The number of rotatable bonds is 3. The first-order chi connectivity index (χ1) is 5.33. The molecule has 0 bridgehead atoms. The molecule has 0 aliphatic rings. The van der Waals surface area contributed by atoms with Crippen molar-refractivity contribution in [3.63, 3.8) is 0 Å². The number of hydrogen-bond donors (Lipinski definition) is 1. The average molecular weight is 157 g/mol. The Kier molecular flexibility index (Phi) is 2.53. The maximum absolute atomic E-state index is 10.8. The fraction of sp³-hybridized carbons (Fsp3) is 0.600. The normalized spacial score (nSPS) is 9.55. The Labute approximate surface area is 62.9 Å². The number of tetrazole rings is 1. The third kappa shape index (κ3) is 2.32. The second kappa shape index (κ2) is 3.65. The van der Waals surface area contributed by atoms with Crippen LogP contribution in [0.1, 0.15) is 12.7 Å². The van der Waals surface area contributed by atoms with Gasteiger partial charge in [0.15, 0.2) is 5.21 Å². The molecule has 6 nitrogen and oxygen atoms in total. The zero-order chi connectivity index (χ0) is 8.10. The highest BCUT2D eigenvalue weighted by molar-refractivity contribution is 5.70. The van der Waals surface area contributed by atoms with Crippen molar-refractivity contribution in [2.24, 2.45) is 0 Å². The van der Waals surface area contributed by atoms with Crippen LogP contribution in [0.15, 0.2) is 0 Å². The van der Waals surface area contributed by atoms with Crippen molar-refractivity contribution in [1.82, 2.24) is 15.5 Å². The molecule has 60 valence electrons. The van der Waals surface area contributed by atoms with Gasteiger partial charge in [0.1, 0.15) is 11.5 Å². The maximum Gasteiger partial charge on any atom is 0.316 e. The van der Waals surface area contributed by atoms with Crippen molar-refractivity contribution in [2.75, 3.05) is 6.61 Å². The summed E-state index contributed by atoms with van der Waals surface area (Å²) in [5.74, 6) is 0.168. The Hall–Kier alpha value is -1.46. The molecule has 6 heteroatoms. The van der Waals surface area contributed by atoms with Crippen LogP contribution in [0.25, 0.3) is 0 Å². The van der Waals surface area contributed by atoms with Crippen LogP contribution in [0.3, 0.4) is 0 Å². The molecule has 1 rings (SSSR count). The van der Waals surface area contributed by atoms with E-state index in [4.69, 9.17) is 0 Å². The fourth-order valence-electron chi connectivity index (χ4n) is 0.628. The van der Waals surface area contributed by atoms with Crippen LogP contribution in [0, 0.1) is 0 Å². The van der Waals surface area contributed by atoms with Crippen molar-refractivity contribution < 1.29 is 14.6 Å². The highest BCUT2D eigenvalue weighted by Crippen LogP contribution is 1.85. The monoisotopic (exact) mass is 157 g/mol. The lowest BCUT2D eigenvalue weighted by molar-refractivity contribution is -0.465. The number of hydrogen-bond acceptors (Lipinski definition) is 4. The van der Waals surface area contributed by atoms with Crippen LogP contribution in [-0.4, -0.2) is 28.1 Å². The lowest BCUT2D eigenvalue weighted by Crippen LogP contribution is -2.16. The molecule has 0 aromatic carbocycles. The van der Waals surface area contributed by atoms with Gasteiger partial charge in [-0.2, -0.15) is 5.10 Å². The zero-order valence-electron chi connectivity index (χ0n) is 6.13. The second-order valence-electron chi connectivity index (χ2n) is 1.87. The van der Waals surface area contributed by atoms with E-state index in [1.165, 1.54) is 0 Å². The summed E-state index contributed by atoms with van der Waals surface area (Å²) in [7, 11) is 0. The molecule has 0 aliphatic heterocycles. The molecule has 1 aromatic rings. The van der Waals surface area contributed by atoms with Crippen molar-refractivity contribution >= 4 is 5.97 Å². The number of esters is 1. The van der Waals surface area contributed by atoms with Gasteiger partial charge in [0.25, 0.3) is 0 Å². The molecule has 0 fully saturated rings. The summed E-state index contributed by atoms with van der Waals surface area (Å²) in [5, 5.41) is 11.9. The molecule has 1 aromatic heterocycles. The van der Waals surface area contributed by atoms with Gasteiger partial charge in [0.2, 0.25) is 0 Å². The zero-order valence-corrected chi connectivity index (χ0v) is 6.13. The van der Waals surface area contributed by atoms with Crippen LogP contribution in [0.2, 0.25) is 0 Å². The number of H-pyrrole nitrogens is 2. The molecular formula is C5H9N4O2+.